The number of hydrogen-bond donors (Lipinski definition) is 5. The van der Waals surface area contributed by atoms with Crippen molar-refractivity contribution in [3.8, 4) is 11.1 Å². The van der Waals surface area contributed by atoms with Crippen LogP contribution in [0.4, 0.5) is 0 Å². The molecule has 1 fully saturated rings. The van der Waals surface area contributed by atoms with Crippen LogP contribution in [0.3, 0.4) is 0 Å². The maximum atomic E-state index is 14.4. The molecule has 232 valence electrons. The second-order valence-electron chi connectivity index (χ2n) is 11.5. The molecule has 8 heteroatoms. The van der Waals surface area contributed by atoms with E-state index in [0.29, 0.717) is 25.9 Å². The fraction of sp³-hybridized carbons (Fsp3) is 0.270. The fourth-order valence-corrected chi connectivity index (χ4v) is 6.07. The zero-order valence-electron chi connectivity index (χ0n) is 25.7. The van der Waals surface area contributed by atoms with Gasteiger partial charge in [0.2, 0.25) is 11.8 Å². The van der Waals surface area contributed by atoms with Crippen LogP contribution in [0.5, 0.6) is 0 Å². The Hall–Kier alpha value is -4.95. The lowest BCUT2D eigenvalue weighted by atomic mass is 9.95. The Morgan fingerprint density at radius 1 is 0.889 bits per heavy atom. The third kappa shape index (κ3) is 8.16. The third-order valence-corrected chi connectivity index (χ3v) is 8.38. The van der Waals surface area contributed by atoms with Gasteiger partial charge in [-0.25, -0.2) is 0 Å². The standard InChI is InChI=1S/C37H42N6O2/c1-2-32(42-37(38)39)34-36(45)43(35(29-14-8-4-9-15-29)30-16-10-5-11-17-30)23-22-31(41-34)25-40-33(44)24-26-18-20-28(21-19-26)27-12-6-3-7-13-27/h3-21,31-32,34-35,41H,2,22-25H2,1H3,(H,40,44)(H4,38,39,42)/t31-,32?,34-/m0/s1. The summed E-state index contributed by atoms with van der Waals surface area (Å²) in [6.45, 7) is 2.84. The van der Waals surface area contributed by atoms with Gasteiger partial charge < -0.3 is 21.3 Å². The number of nitrogens with two attached hydrogens (primary N) is 1. The van der Waals surface area contributed by atoms with Crippen LogP contribution in [0.2, 0.25) is 0 Å². The Bertz CT molecular complexity index is 1510. The first kappa shape index (κ1) is 31.5. The topological polar surface area (TPSA) is 123 Å². The number of carbonyl (C=O) groups is 2. The molecule has 0 spiro atoms. The van der Waals surface area contributed by atoms with Crippen molar-refractivity contribution in [2.45, 2.75) is 50.4 Å². The maximum absolute atomic E-state index is 14.4. The highest BCUT2D eigenvalue weighted by molar-refractivity contribution is 5.85. The summed E-state index contributed by atoms with van der Waals surface area (Å²) < 4.78 is 0. The number of guanidine groups is 1. The van der Waals surface area contributed by atoms with Crippen molar-refractivity contribution in [2.75, 3.05) is 13.1 Å². The summed E-state index contributed by atoms with van der Waals surface area (Å²) in [6.07, 6.45) is 1.49. The number of carbonyl (C=O) groups excluding carboxylic acids is 2. The molecule has 1 saturated heterocycles. The van der Waals surface area contributed by atoms with Gasteiger partial charge in [0.15, 0.2) is 5.96 Å². The van der Waals surface area contributed by atoms with Crippen LogP contribution in [0.25, 0.3) is 11.1 Å². The zero-order chi connectivity index (χ0) is 31.6. The molecule has 4 aromatic carbocycles. The van der Waals surface area contributed by atoms with Crippen molar-refractivity contribution in [1.82, 2.24) is 20.9 Å². The summed E-state index contributed by atoms with van der Waals surface area (Å²) in [5.74, 6) is -0.327. The van der Waals surface area contributed by atoms with E-state index in [1.807, 2.05) is 115 Å². The molecule has 4 aromatic rings. The fourth-order valence-electron chi connectivity index (χ4n) is 6.07. The highest BCUT2D eigenvalue weighted by Crippen LogP contribution is 2.31. The average molecular weight is 603 g/mol. The van der Waals surface area contributed by atoms with Gasteiger partial charge in [-0.15, -0.1) is 0 Å². The summed E-state index contributed by atoms with van der Waals surface area (Å²) in [7, 11) is 0. The van der Waals surface area contributed by atoms with Gasteiger partial charge in [-0.05, 0) is 40.7 Å². The van der Waals surface area contributed by atoms with E-state index in [1.54, 1.807) is 0 Å². The van der Waals surface area contributed by atoms with E-state index < -0.39 is 12.1 Å². The molecular weight excluding hydrogens is 560 g/mol. The summed E-state index contributed by atoms with van der Waals surface area (Å²) in [4.78, 5) is 29.4. The molecule has 6 N–H and O–H groups in total. The minimum Gasteiger partial charge on any atom is -0.370 e. The van der Waals surface area contributed by atoms with E-state index in [0.717, 1.165) is 27.8 Å². The Kier molecular flexibility index (Phi) is 10.6. The molecule has 0 bridgehead atoms. The van der Waals surface area contributed by atoms with Crippen LogP contribution >= 0.6 is 0 Å². The summed E-state index contributed by atoms with van der Waals surface area (Å²) in [5, 5.41) is 17.5. The molecule has 1 aliphatic heterocycles. The van der Waals surface area contributed by atoms with Gasteiger partial charge >= 0.3 is 0 Å². The first-order valence-electron chi connectivity index (χ1n) is 15.6. The summed E-state index contributed by atoms with van der Waals surface area (Å²) in [6, 6.07) is 36.8. The van der Waals surface area contributed by atoms with E-state index in [1.165, 1.54) is 0 Å². The van der Waals surface area contributed by atoms with Crippen molar-refractivity contribution >= 4 is 17.8 Å². The average Bonchev–Trinajstić information content (AvgIpc) is 3.23. The number of rotatable bonds is 11. The molecule has 0 saturated carbocycles. The molecule has 5 rings (SSSR count). The summed E-state index contributed by atoms with van der Waals surface area (Å²) >= 11 is 0. The lowest BCUT2D eigenvalue weighted by Gasteiger charge is -2.35. The smallest absolute Gasteiger partial charge is 0.242 e. The van der Waals surface area contributed by atoms with Gasteiger partial charge in [0.1, 0.15) is 6.04 Å². The van der Waals surface area contributed by atoms with E-state index >= 15 is 0 Å². The van der Waals surface area contributed by atoms with Gasteiger partial charge in [-0.3, -0.25) is 20.3 Å². The minimum absolute atomic E-state index is 0.0689. The molecule has 2 amide bonds. The Morgan fingerprint density at radius 3 is 2.00 bits per heavy atom. The molecule has 0 aliphatic carbocycles. The molecule has 0 radical (unpaired) electrons. The first-order valence-corrected chi connectivity index (χ1v) is 15.6. The van der Waals surface area contributed by atoms with Crippen LogP contribution in [0, 0.1) is 5.41 Å². The van der Waals surface area contributed by atoms with Crippen LogP contribution in [0.1, 0.15) is 42.5 Å². The van der Waals surface area contributed by atoms with Crippen LogP contribution in [0.15, 0.2) is 115 Å². The predicted octanol–water partition coefficient (Wildman–Crippen LogP) is 4.62. The largest absolute Gasteiger partial charge is 0.370 e. The Labute approximate surface area is 265 Å². The lowest BCUT2D eigenvalue weighted by molar-refractivity contribution is -0.135. The monoisotopic (exact) mass is 602 g/mol. The van der Waals surface area contributed by atoms with Gasteiger partial charge in [-0.1, -0.05) is 122 Å². The molecule has 3 atom stereocenters. The SMILES string of the molecule is CCC(NC(=N)N)[C@@H]1N[C@H](CNC(=O)Cc2ccc(-c3ccccc3)cc2)CCN(C(c2ccccc2)c2ccccc2)C1=O. The first-order chi connectivity index (χ1) is 21.9. The van der Waals surface area contributed by atoms with Gasteiger partial charge in [0.25, 0.3) is 0 Å². The number of nitrogens with zero attached hydrogens (tertiary/aromatic N) is 1. The predicted molar refractivity (Wildman–Crippen MR) is 179 cm³/mol. The highest BCUT2D eigenvalue weighted by atomic mass is 16.2. The van der Waals surface area contributed by atoms with E-state index in [2.05, 4.69) is 28.1 Å². The Morgan fingerprint density at radius 2 is 1.44 bits per heavy atom. The summed E-state index contributed by atoms with van der Waals surface area (Å²) in [5.41, 5.74) is 11.0. The molecule has 45 heavy (non-hydrogen) atoms. The van der Waals surface area contributed by atoms with Crippen LogP contribution < -0.4 is 21.7 Å². The van der Waals surface area contributed by atoms with Crippen molar-refractivity contribution in [3.05, 3.63) is 132 Å². The quantitative estimate of drug-likeness (QED) is 0.127. The van der Waals surface area contributed by atoms with E-state index in [9.17, 15) is 9.59 Å². The van der Waals surface area contributed by atoms with E-state index in [-0.39, 0.29) is 36.3 Å². The van der Waals surface area contributed by atoms with Crippen LogP contribution in [-0.2, 0) is 16.0 Å². The number of nitrogens with one attached hydrogen (secondary N) is 4. The number of benzene rings is 4. The molecule has 1 heterocycles. The molecule has 1 unspecified atom stereocenters. The van der Waals surface area contributed by atoms with Crippen molar-refractivity contribution in [3.63, 3.8) is 0 Å². The lowest BCUT2D eigenvalue weighted by Crippen LogP contribution is -2.60. The Balaban J connectivity index is 1.32. The molecule has 8 nitrogen and oxygen atoms in total. The molecule has 0 aromatic heterocycles. The van der Waals surface area contributed by atoms with E-state index in [4.69, 9.17) is 11.1 Å². The van der Waals surface area contributed by atoms with Gasteiger partial charge in [-0.2, -0.15) is 0 Å². The van der Waals surface area contributed by atoms with Crippen molar-refractivity contribution < 1.29 is 9.59 Å². The third-order valence-electron chi connectivity index (χ3n) is 8.38. The maximum Gasteiger partial charge on any atom is 0.242 e. The second-order valence-corrected chi connectivity index (χ2v) is 11.5. The van der Waals surface area contributed by atoms with Crippen LogP contribution in [-0.4, -0.2) is 53.9 Å². The highest BCUT2D eigenvalue weighted by Gasteiger charge is 2.39. The molecular formula is C37H42N6O2. The second kappa shape index (κ2) is 15.2. The van der Waals surface area contributed by atoms with Crippen molar-refractivity contribution in [2.24, 2.45) is 5.73 Å². The normalized spacial score (nSPS) is 17.4. The molecule has 1 aliphatic rings. The minimum atomic E-state index is -0.649. The van der Waals surface area contributed by atoms with Crippen molar-refractivity contribution in [1.29, 1.82) is 5.41 Å². The van der Waals surface area contributed by atoms with Gasteiger partial charge in [0, 0.05) is 19.1 Å². The van der Waals surface area contributed by atoms with Gasteiger partial charge in [0.05, 0.1) is 18.5 Å². The number of amides is 2. The number of hydrogen-bond acceptors (Lipinski definition) is 4. The zero-order valence-corrected chi connectivity index (χ0v) is 25.7.